The van der Waals surface area contributed by atoms with E-state index >= 15 is 0 Å². The molecule has 0 amide bonds. The highest BCUT2D eigenvalue weighted by Gasteiger charge is 2.17. The molecule has 0 N–H and O–H groups in total. The number of aromatic nitrogens is 3. The van der Waals surface area contributed by atoms with E-state index in [0.717, 1.165) is 13.1 Å². The van der Waals surface area contributed by atoms with Gasteiger partial charge in [0, 0.05) is 47.8 Å². The van der Waals surface area contributed by atoms with Crippen LogP contribution in [0, 0.1) is 32.1 Å². The second kappa shape index (κ2) is 8.89. The number of nitriles is 1. The van der Waals surface area contributed by atoms with Crippen molar-refractivity contribution < 1.29 is 9.13 Å². The molecule has 1 aromatic carbocycles. The van der Waals surface area contributed by atoms with Crippen LogP contribution in [-0.4, -0.2) is 4.98 Å². The van der Waals surface area contributed by atoms with E-state index in [1.807, 2.05) is 49.1 Å². The number of benzene rings is 1. The van der Waals surface area contributed by atoms with Gasteiger partial charge in [0.05, 0.1) is 11.6 Å². The van der Waals surface area contributed by atoms with E-state index in [0.29, 0.717) is 5.56 Å². The lowest BCUT2D eigenvalue weighted by Crippen LogP contribution is -2.36. The van der Waals surface area contributed by atoms with Crippen molar-refractivity contribution in [2.45, 2.75) is 33.9 Å². The van der Waals surface area contributed by atoms with Crippen LogP contribution in [0.25, 0.3) is 11.1 Å². The normalized spacial score (nSPS) is 10.6. The molecule has 3 heterocycles. The molecule has 4 nitrogen and oxygen atoms in total. The maximum Gasteiger partial charge on any atom is 0.174 e. The fourth-order valence-electron chi connectivity index (χ4n) is 4.06. The third-order valence-electron chi connectivity index (χ3n) is 5.90. The summed E-state index contributed by atoms with van der Waals surface area (Å²) in [5, 5.41) is 9.03. The van der Waals surface area contributed by atoms with Crippen LogP contribution in [0.2, 0.25) is 0 Å². The lowest BCUT2D eigenvalue weighted by Gasteiger charge is -2.14. The molecule has 152 valence electrons. The average Bonchev–Trinajstić information content (AvgIpc) is 2.81. The zero-order valence-corrected chi connectivity index (χ0v) is 18.2. The number of rotatable bonds is 5. The molecular weight excluding hydrogens is 380 g/mol. The first-order chi connectivity index (χ1) is 15.0. The molecular formula is C27H26N4+2. The van der Waals surface area contributed by atoms with Gasteiger partial charge in [-0.05, 0) is 60.7 Å². The predicted molar refractivity (Wildman–Crippen MR) is 120 cm³/mol. The minimum atomic E-state index is 0.681. The smallest absolute Gasteiger partial charge is 0.174 e. The van der Waals surface area contributed by atoms with E-state index in [-0.39, 0.29) is 0 Å². The molecule has 0 bridgehead atoms. The summed E-state index contributed by atoms with van der Waals surface area (Å²) in [7, 11) is 0. The van der Waals surface area contributed by atoms with Crippen molar-refractivity contribution in [3.8, 4) is 17.2 Å². The summed E-state index contributed by atoms with van der Waals surface area (Å²) in [5.74, 6) is 0. The fraction of sp³-hybridized carbons (Fsp3) is 0.185. The zero-order chi connectivity index (χ0) is 21.8. The molecule has 31 heavy (non-hydrogen) atoms. The highest BCUT2D eigenvalue weighted by Crippen LogP contribution is 2.23. The minimum Gasteiger partial charge on any atom is -0.265 e. The van der Waals surface area contributed by atoms with Gasteiger partial charge in [-0.3, -0.25) is 4.98 Å². The van der Waals surface area contributed by atoms with Crippen molar-refractivity contribution >= 4 is 0 Å². The molecule has 0 saturated carbocycles. The van der Waals surface area contributed by atoms with Crippen molar-refractivity contribution in [2.24, 2.45) is 0 Å². The van der Waals surface area contributed by atoms with Crippen LogP contribution < -0.4 is 9.13 Å². The third kappa shape index (κ3) is 4.51. The van der Waals surface area contributed by atoms with E-state index < -0.39 is 0 Å². The molecule has 4 heteroatoms. The summed E-state index contributed by atoms with van der Waals surface area (Å²) in [4.78, 5) is 4.10. The van der Waals surface area contributed by atoms with Crippen LogP contribution in [0.1, 0.15) is 33.4 Å². The van der Waals surface area contributed by atoms with Crippen LogP contribution in [-0.2, 0) is 13.1 Å². The third-order valence-corrected chi connectivity index (χ3v) is 5.90. The van der Waals surface area contributed by atoms with Crippen LogP contribution in [0.15, 0.2) is 79.6 Å². The SMILES string of the molecule is Cc1cc(C)c(C[n+]2ccc(-c3ccncc3)cc2)c(C)c1C[n+]1ccc(C#N)cc1. The molecule has 0 unspecified atom stereocenters. The second-order valence-corrected chi connectivity index (χ2v) is 7.96. The monoisotopic (exact) mass is 406 g/mol. The molecule has 0 radical (unpaired) electrons. The van der Waals surface area contributed by atoms with Crippen LogP contribution in [0.5, 0.6) is 0 Å². The number of hydrogen-bond acceptors (Lipinski definition) is 2. The van der Waals surface area contributed by atoms with Crippen molar-refractivity contribution in [1.29, 1.82) is 5.26 Å². The molecule has 0 aliphatic heterocycles. The standard InChI is InChI=1S/C27H26N4/c1-20-16-21(2)27(22(3)26(20)18-30-12-6-23(17-28)7-13-30)19-31-14-8-25(9-15-31)24-4-10-29-11-5-24/h4-16H,18-19H2,1-3H3/q+2. The van der Waals surface area contributed by atoms with Gasteiger partial charge in [-0.2, -0.15) is 5.26 Å². The largest absolute Gasteiger partial charge is 0.265 e. The summed E-state index contributed by atoms with van der Waals surface area (Å²) >= 11 is 0. The average molecular weight is 407 g/mol. The Kier molecular flexibility index (Phi) is 5.86. The number of aryl methyl sites for hydroxylation is 2. The molecule has 0 aliphatic carbocycles. The molecule has 0 spiro atoms. The number of hydrogen-bond donors (Lipinski definition) is 0. The Morgan fingerprint density at radius 2 is 1.23 bits per heavy atom. The van der Waals surface area contributed by atoms with E-state index in [2.05, 4.69) is 71.6 Å². The van der Waals surface area contributed by atoms with Crippen molar-refractivity contribution in [3.05, 3.63) is 113 Å². The van der Waals surface area contributed by atoms with Crippen LogP contribution >= 0.6 is 0 Å². The Balaban J connectivity index is 1.61. The van der Waals surface area contributed by atoms with Gasteiger partial charge in [-0.25, -0.2) is 9.13 Å². The molecule has 0 fully saturated rings. The Morgan fingerprint density at radius 1 is 0.742 bits per heavy atom. The highest BCUT2D eigenvalue weighted by atomic mass is 14.9. The first-order valence-electron chi connectivity index (χ1n) is 10.4. The summed E-state index contributed by atoms with van der Waals surface area (Å²) < 4.78 is 4.36. The summed E-state index contributed by atoms with van der Waals surface area (Å²) in [5.41, 5.74) is 9.69. The summed E-state index contributed by atoms with van der Waals surface area (Å²) in [6, 6.07) is 16.6. The van der Waals surface area contributed by atoms with Crippen molar-refractivity contribution in [3.63, 3.8) is 0 Å². The fourth-order valence-corrected chi connectivity index (χ4v) is 4.06. The Hall–Kier alpha value is -3.84. The van der Waals surface area contributed by atoms with E-state index in [1.54, 1.807) is 0 Å². The quantitative estimate of drug-likeness (QED) is 0.466. The van der Waals surface area contributed by atoms with Gasteiger partial charge in [0.15, 0.2) is 37.9 Å². The Bertz CT molecular complexity index is 1240. The topological polar surface area (TPSA) is 44.4 Å². The van der Waals surface area contributed by atoms with Crippen LogP contribution in [0.3, 0.4) is 0 Å². The van der Waals surface area contributed by atoms with E-state index in [1.165, 1.54) is 38.9 Å². The molecule has 0 saturated heterocycles. The van der Waals surface area contributed by atoms with Crippen molar-refractivity contribution in [2.75, 3.05) is 0 Å². The number of pyridine rings is 3. The summed E-state index contributed by atoms with van der Waals surface area (Å²) in [6.07, 6.45) is 11.9. The molecule has 3 aromatic heterocycles. The zero-order valence-electron chi connectivity index (χ0n) is 18.2. The van der Waals surface area contributed by atoms with Gasteiger partial charge in [0.2, 0.25) is 0 Å². The number of nitrogens with zero attached hydrogens (tertiary/aromatic N) is 4. The predicted octanol–water partition coefficient (Wildman–Crippen LogP) is 4.22. The molecule has 0 atom stereocenters. The maximum absolute atomic E-state index is 9.03. The lowest BCUT2D eigenvalue weighted by molar-refractivity contribution is -0.689. The van der Waals surface area contributed by atoms with E-state index in [4.69, 9.17) is 5.26 Å². The first-order valence-corrected chi connectivity index (χ1v) is 10.4. The van der Waals surface area contributed by atoms with Crippen LogP contribution in [0.4, 0.5) is 0 Å². The first kappa shape index (κ1) is 20.4. The van der Waals surface area contributed by atoms with Gasteiger partial charge in [0.1, 0.15) is 0 Å². The maximum atomic E-state index is 9.03. The second-order valence-electron chi connectivity index (χ2n) is 7.96. The lowest BCUT2D eigenvalue weighted by atomic mass is 9.93. The van der Waals surface area contributed by atoms with Gasteiger partial charge in [0.25, 0.3) is 0 Å². The van der Waals surface area contributed by atoms with Gasteiger partial charge < -0.3 is 0 Å². The van der Waals surface area contributed by atoms with Gasteiger partial charge >= 0.3 is 0 Å². The molecule has 4 aromatic rings. The molecule has 4 rings (SSSR count). The van der Waals surface area contributed by atoms with E-state index in [9.17, 15) is 0 Å². The van der Waals surface area contributed by atoms with Crippen molar-refractivity contribution in [1.82, 2.24) is 4.98 Å². The minimum absolute atomic E-state index is 0.681. The summed E-state index contributed by atoms with van der Waals surface area (Å²) in [6.45, 7) is 8.22. The Labute approximate surface area is 183 Å². The van der Waals surface area contributed by atoms with Gasteiger partial charge in [-0.15, -0.1) is 0 Å². The molecule has 0 aliphatic rings. The Morgan fingerprint density at radius 3 is 1.74 bits per heavy atom. The highest BCUT2D eigenvalue weighted by molar-refractivity contribution is 5.61. The van der Waals surface area contributed by atoms with Gasteiger partial charge in [-0.1, -0.05) is 6.07 Å².